The van der Waals surface area contributed by atoms with Crippen LogP contribution in [0, 0.1) is 5.92 Å². The summed E-state index contributed by atoms with van der Waals surface area (Å²) >= 11 is 0. The first-order chi connectivity index (χ1) is 6.36. The topological polar surface area (TPSA) is 38.3 Å². The normalized spacial score (nSPS) is 25.2. The number of carbonyl (C=O) groups is 1. The fraction of sp³-hybridized carbons (Fsp3) is 0.900. The van der Waals surface area contributed by atoms with Gasteiger partial charge in [-0.2, -0.15) is 0 Å². The molecule has 1 aliphatic heterocycles. The minimum atomic E-state index is 0.0474. The lowest BCUT2D eigenvalue weighted by Gasteiger charge is -2.28. The van der Waals surface area contributed by atoms with Crippen molar-refractivity contribution >= 4 is 5.97 Å². The van der Waals surface area contributed by atoms with Crippen LogP contribution in [-0.4, -0.2) is 25.2 Å². The molecule has 1 saturated carbocycles. The van der Waals surface area contributed by atoms with E-state index in [4.69, 9.17) is 4.74 Å². The number of rotatable bonds is 2. The van der Waals surface area contributed by atoms with Gasteiger partial charge in [-0.05, 0) is 45.2 Å². The number of piperidine rings is 1. The van der Waals surface area contributed by atoms with Gasteiger partial charge in [-0.1, -0.05) is 0 Å². The van der Waals surface area contributed by atoms with Crippen LogP contribution in [0.15, 0.2) is 0 Å². The van der Waals surface area contributed by atoms with Gasteiger partial charge >= 0.3 is 5.97 Å². The lowest BCUT2D eigenvalue weighted by Crippen LogP contribution is -2.35. The molecule has 1 aliphatic carbocycles. The van der Waals surface area contributed by atoms with Crippen LogP contribution in [0.1, 0.15) is 32.1 Å². The van der Waals surface area contributed by atoms with Crippen molar-refractivity contribution < 1.29 is 9.53 Å². The second kappa shape index (κ2) is 4.09. The molecule has 0 aromatic rings. The van der Waals surface area contributed by atoms with Crippen LogP contribution in [0.5, 0.6) is 0 Å². The van der Waals surface area contributed by atoms with Gasteiger partial charge < -0.3 is 10.1 Å². The van der Waals surface area contributed by atoms with E-state index >= 15 is 0 Å². The monoisotopic (exact) mass is 183 g/mol. The SMILES string of the molecule is O=C(OC1CCC1)C1CCNCC1. The van der Waals surface area contributed by atoms with Crippen molar-refractivity contribution in [1.29, 1.82) is 0 Å². The largest absolute Gasteiger partial charge is 0.462 e. The van der Waals surface area contributed by atoms with E-state index < -0.39 is 0 Å². The lowest BCUT2D eigenvalue weighted by molar-refractivity contribution is -0.158. The van der Waals surface area contributed by atoms with E-state index in [1.807, 2.05) is 0 Å². The summed E-state index contributed by atoms with van der Waals surface area (Å²) in [5, 5.41) is 3.24. The quantitative estimate of drug-likeness (QED) is 0.651. The number of esters is 1. The number of ether oxygens (including phenoxy) is 1. The molecule has 13 heavy (non-hydrogen) atoms. The fourth-order valence-corrected chi connectivity index (χ4v) is 1.81. The first-order valence-corrected chi connectivity index (χ1v) is 5.27. The third-order valence-electron chi connectivity index (χ3n) is 3.01. The van der Waals surface area contributed by atoms with Crippen molar-refractivity contribution in [3.05, 3.63) is 0 Å². The molecule has 1 heterocycles. The second-order valence-corrected chi connectivity index (χ2v) is 4.01. The van der Waals surface area contributed by atoms with Gasteiger partial charge in [-0.3, -0.25) is 4.79 Å². The minimum Gasteiger partial charge on any atom is -0.462 e. The van der Waals surface area contributed by atoms with Crippen LogP contribution in [-0.2, 0) is 9.53 Å². The van der Waals surface area contributed by atoms with Crippen LogP contribution < -0.4 is 5.32 Å². The molecular weight excluding hydrogens is 166 g/mol. The Kier molecular flexibility index (Phi) is 2.83. The van der Waals surface area contributed by atoms with Gasteiger partial charge in [0.05, 0.1) is 5.92 Å². The zero-order valence-electron chi connectivity index (χ0n) is 7.92. The molecule has 0 bridgehead atoms. The van der Waals surface area contributed by atoms with E-state index in [-0.39, 0.29) is 18.0 Å². The summed E-state index contributed by atoms with van der Waals surface area (Å²) in [7, 11) is 0. The Balaban J connectivity index is 1.74. The average Bonchev–Trinajstić information content (AvgIpc) is 2.12. The third-order valence-corrected chi connectivity index (χ3v) is 3.01. The van der Waals surface area contributed by atoms with Gasteiger partial charge in [0.25, 0.3) is 0 Å². The molecule has 2 rings (SSSR count). The maximum atomic E-state index is 11.6. The van der Waals surface area contributed by atoms with Gasteiger partial charge in [0.2, 0.25) is 0 Å². The summed E-state index contributed by atoms with van der Waals surface area (Å²) in [6.45, 7) is 1.93. The van der Waals surface area contributed by atoms with E-state index in [1.165, 1.54) is 6.42 Å². The summed E-state index contributed by atoms with van der Waals surface area (Å²) in [5.74, 6) is 0.216. The van der Waals surface area contributed by atoms with E-state index in [2.05, 4.69) is 5.32 Å². The summed E-state index contributed by atoms with van der Waals surface area (Å²) in [6, 6.07) is 0. The molecular formula is C10H17NO2. The highest BCUT2D eigenvalue weighted by molar-refractivity contribution is 5.72. The number of hydrogen-bond donors (Lipinski definition) is 1. The fourth-order valence-electron chi connectivity index (χ4n) is 1.81. The third kappa shape index (κ3) is 2.21. The predicted molar refractivity (Wildman–Crippen MR) is 49.3 cm³/mol. The molecule has 2 fully saturated rings. The zero-order chi connectivity index (χ0) is 9.10. The molecule has 1 N–H and O–H groups in total. The van der Waals surface area contributed by atoms with Crippen molar-refractivity contribution in [2.75, 3.05) is 13.1 Å². The molecule has 0 unspecified atom stereocenters. The molecule has 3 nitrogen and oxygen atoms in total. The Hall–Kier alpha value is -0.570. The summed E-state index contributed by atoms with van der Waals surface area (Å²) in [5.41, 5.74) is 0. The van der Waals surface area contributed by atoms with Crippen LogP contribution in [0.2, 0.25) is 0 Å². The van der Waals surface area contributed by atoms with Gasteiger partial charge in [-0.15, -0.1) is 0 Å². The Bertz CT molecular complexity index is 183. The highest BCUT2D eigenvalue weighted by Crippen LogP contribution is 2.24. The van der Waals surface area contributed by atoms with Crippen LogP contribution in [0.3, 0.4) is 0 Å². The standard InChI is InChI=1S/C10H17NO2/c12-10(13-9-2-1-3-9)8-4-6-11-7-5-8/h8-9,11H,1-7H2. The van der Waals surface area contributed by atoms with Crippen molar-refractivity contribution in [2.24, 2.45) is 5.92 Å². The smallest absolute Gasteiger partial charge is 0.309 e. The van der Waals surface area contributed by atoms with Crippen LogP contribution in [0.25, 0.3) is 0 Å². The highest BCUT2D eigenvalue weighted by Gasteiger charge is 2.27. The minimum absolute atomic E-state index is 0.0474. The Morgan fingerprint density at radius 1 is 1.15 bits per heavy atom. The highest BCUT2D eigenvalue weighted by atomic mass is 16.5. The van der Waals surface area contributed by atoms with Crippen molar-refractivity contribution in [2.45, 2.75) is 38.2 Å². The zero-order valence-corrected chi connectivity index (χ0v) is 7.92. The first kappa shape index (κ1) is 9.00. The first-order valence-electron chi connectivity index (χ1n) is 5.27. The molecule has 74 valence electrons. The molecule has 1 saturated heterocycles. The van der Waals surface area contributed by atoms with Gasteiger partial charge in [0, 0.05) is 0 Å². The Morgan fingerprint density at radius 3 is 2.38 bits per heavy atom. The Labute approximate surface area is 78.8 Å². The summed E-state index contributed by atoms with van der Waals surface area (Å²) in [4.78, 5) is 11.6. The lowest BCUT2D eigenvalue weighted by atomic mass is 9.95. The van der Waals surface area contributed by atoms with Gasteiger partial charge in [-0.25, -0.2) is 0 Å². The van der Waals surface area contributed by atoms with Crippen LogP contribution >= 0.6 is 0 Å². The molecule has 3 heteroatoms. The van der Waals surface area contributed by atoms with E-state index in [1.54, 1.807) is 0 Å². The molecule has 0 amide bonds. The second-order valence-electron chi connectivity index (χ2n) is 4.01. The van der Waals surface area contributed by atoms with Gasteiger partial charge in [0.1, 0.15) is 6.10 Å². The van der Waals surface area contributed by atoms with Crippen LogP contribution in [0.4, 0.5) is 0 Å². The molecule has 0 atom stereocenters. The predicted octanol–water partition coefficient (Wildman–Crippen LogP) is 1.08. The molecule has 0 aromatic heterocycles. The van der Waals surface area contributed by atoms with Crippen molar-refractivity contribution in [3.63, 3.8) is 0 Å². The van der Waals surface area contributed by atoms with Crippen molar-refractivity contribution in [1.82, 2.24) is 5.32 Å². The molecule has 0 radical (unpaired) electrons. The maximum Gasteiger partial charge on any atom is 0.309 e. The number of nitrogens with one attached hydrogen (secondary N) is 1. The number of carbonyl (C=O) groups excluding carboxylic acids is 1. The average molecular weight is 183 g/mol. The molecule has 0 spiro atoms. The summed E-state index contributed by atoms with van der Waals surface area (Å²) in [6.07, 6.45) is 5.54. The number of hydrogen-bond acceptors (Lipinski definition) is 3. The van der Waals surface area contributed by atoms with Crippen molar-refractivity contribution in [3.8, 4) is 0 Å². The summed E-state index contributed by atoms with van der Waals surface area (Å²) < 4.78 is 5.36. The van der Waals surface area contributed by atoms with E-state index in [0.717, 1.165) is 38.8 Å². The molecule has 0 aromatic carbocycles. The van der Waals surface area contributed by atoms with E-state index in [9.17, 15) is 4.79 Å². The maximum absolute atomic E-state index is 11.6. The van der Waals surface area contributed by atoms with E-state index in [0.29, 0.717) is 0 Å². The molecule has 2 aliphatic rings. The van der Waals surface area contributed by atoms with Gasteiger partial charge in [0.15, 0.2) is 0 Å². The Morgan fingerprint density at radius 2 is 1.85 bits per heavy atom.